The molecule has 1 amide bonds. The van der Waals surface area contributed by atoms with Crippen LogP contribution < -0.4 is 5.32 Å². The number of aromatic nitrogens is 2. The van der Waals surface area contributed by atoms with E-state index in [1.54, 1.807) is 12.4 Å². The molecule has 1 fully saturated rings. The zero-order valence-corrected chi connectivity index (χ0v) is 8.34. The number of nitrogens with zero attached hydrogens (tertiary/aromatic N) is 1. The van der Waals surface area contributed by atoms with Gasteiger partial charge in [0.25, 0.3) is 0 Å². The van der Waals surface area contributed by atoms with Crippen molar-refractivity contribution >= 4 is 11.9 Å². The van der Waals surface area contributed by atoms with Crippen LogP contribution >= 0.6 is 0 Å². The van der Waals surface area contributed by atoms with Crippen LogP contribution in [0.15, 0.2) is 12.4 Å². The third kappa shape index (κ3) is 1.64. The summed E-state index contributed by atoms with van der Waals surface area (Å²) in [5.41, 5.74) is -0.188. The molecule has 1 aromatic heterocycles. The van der Waals surface area contributed by atoms with Crippen molar-refractivity contribution in [3.8, 4) is 0 Å². The molecule has 0 atom stereocenters. The minimum Gasteiger partial charge on any atom is -0.331 e. The number of H-pyrrole nitrogens is 1. The van der Waals surface area contributed by atoms with Crippen molar-refractivity contribution in [2.45, 2.75) is 32.6 Å². The molecule has 0 bridgehead atoms. The van der Waals surface area contributed by atoms with Crippen molar-refractivity contribution in [2.24, 2.45) is 5.41 Å². The van der Waals surface area contributed by atoms with Gasteiger partial charge in [0.1, 0.15) is 0 Å². The lowest BCUT2D eigenvalue weighted by Crippen LogP contribution is -2.31. The van der Waals surface area contributed by atoms with E-state index < -0.39 is 0 Å². The SMILES string of the molecule is CC1(C(=O)Nc2ncc[nH]2)CCCC1. The normalized spacial score (nSPS) is 19.5. The third-order valence-corrected chi connectivity index (χ3v) is 2.99. The molecule has 76 valence electrons. The fourth-order valence-corrected chi connectivity index (χ4v) is 1.97. The van der Waals surface area contributed by atoms with E-state index in [2.05, 4.69) is 15.3 Å². The number of hydrogen-bond donors (Lipinski definition) is 2. The van der Waals surface area contributed by atoms with E-state index in [4.69, 9.17) is 0 Å². The fraction of sp³-hybridized carbons (Fsp3) is 0.600. The molecule has 1 aromatic rings. The lowest BCUT2D eigenvalue weighted by Gasteiger charge is -2.21. The topological polar surface area (TPSA) is 57.8 Å². The average Bonchev–Trinajstić information content (AvgIpc) is 2.76. The van der Waals surface area contributed by atoms with Crippen molar-refractivity contribution in [3.63, 3.8) is 0 Å². The maximum atomic E-state index is 11.9. The van der Waals surface area contributed by atoms with E-state index in [0.29, 0.717) is 5.95 Å². The van der Waals surface area contributed by atoms with Gasteiger partial charge in [0, 0.05) is 17.8 Å². The second-order valence-corrected chi connectivity index (χ2v) is 4.16. The molecule has 1 aliphatic rings. The number of amides is 1. The van der Waals surface area contributed by atoms with Gasteiger partial charge in [-0.2, -0.15) is 0 Å². The number of carbonyl (C=O) groups excluding carboxylic acids is 1. The van der Waals surface area contributed by atoms with Crippen molar-refractivity contribution in [1.29, 1.82) is 0 Å². The highest BCUT2D eigenvalue weighted by Crippen LogP contribution is 2.38. The largest absolute Gasteiger partial charge is 0.331 e. The van der Waals surface area contributed by atoms with Gasteiger partial charge in [-0.05, 0) is 12.8 Å². The molecule has 14 heavy (non-hydrogen) atoms. The predicted octanol–water partition coefficient (Wildman–Crippen LogP) is 1.93. The smallest absolute Gasteiger partial charge is 0.232 e. The molecule has 0 spiro atoms. The van der Waals surface area contributed by atoms with Crippen LogP contribution in [0.4, 0.5) is 5.95 Å². The lowest BCUT2D eigenvalue weighted by atomic mass is 9.88. The molecule has 1 aliphatic carbocycles. The van der Waals surface area contributed by atoms with Crippen LogP contribution in [0.5, 0.6) is 0 Å². The Morgan fingerprint density at radius 1 is 1.57 bits per heavy atom. The second kappa shape index (κ2) is 3.44. The summed E-state index contributed by atoms with van der Waals surface area (Å²) in [6.07, 6.45) is 7.61. The van der Waals surface area contributed by atoms with Crippen LogP contribution in [0, 0.1) is 5.41 Å². The maximum Gasteiger partial charge on any atom is 0.232 e. The van der Waals surface area contributed by atoms with Crippen molar-refractivity contribution in [3.05, 3.63) is 12.4 Å². The summed E-state index contributed by atoms with van der Waals surface area (Å²) in [5, 5.41) is 2.80. The standard InChI is InChI=1S/C10H15N3O/c1-10(4-2-3-5-10)8(14)13-9-11-6-7-12-9/h6-7H,2-5H2,1H3,(H2,11,12,13,14). The van der Waals surface area contributed by atoms with Crippen LogP contribution in [0.1, 0.15) is 32.6 Å². The Hall–Kier alpha value is -1.32. The summed E-state index contributed by atoms with van der Waals surface area (Å²) in [7, 11) is 0. The highest BCUT2D eigenvalue weighted by molar-refractivity contribution is 5.93. The lowest BCUT2D eigenvalue weighted by molar-refractivity contribution is -0.124. The summed E-state index contributed by atoms with van der Waals surface area (Å²) in [5.74, 6) is 0.632. The van der Waals surface area contributed by atoms with Crippen molar-refractivity contribution in [2.75, 3.05) is 5.32 Å². The molecular formula is C10H15N3O. The molecular weight excluding hydrogens is 178 g/mol. The Morgan fingerprint density at radius 3 is 2.86 bits per heavy atom. The van der Waals surface area contributed by atoms with Gasteiger partial charge < -0.3 is 4.98 Å². The monoisotopic (exact) mass is 193 g/mol. The first-order chi connectivity index (χ1) is 6.71. The number of imidazole rings is 1. The molecule has 1 saturated carbocycles. The minimum absolute atomic E-state index is 0.0879. The van der Waals surface area contributed by atoms with Crippen LogP contribution in [0.3, 0.4) is 0 Å². The summed E-state index contributed by atoms with van der Waals surface area (Å²) < 4.78 is 0. The van der Waals surface area contributed by atoms with Crippen molar-refractivity contribution in [1.82, 2.24) is 9.97 Å². The van der Waals surface area contributed by atoms with E-state index >= 15 is 0 Å². The van der Waals surface area contributed by atoms with Gasteiger partial charge in [-0.3, -0.25) is 10.1 Å². The van der Waals surface area contributed by atoms with E-state index in [1.165, 1.54) is 0 Å². The first-order valence-corrected chi connectivity index (χ1v) is 5.02. The number of aromatic amines is 1. The predicted molar refractivity (Wildman–Crippen MR) is 53.8 cm³/mol. The molecule has 4 heteroatoms. The van der Waals surface area contributed by atoms with Gasteiger partial charge in [-0.1, -0.05) is 19.8 Å². The van der Waals surface area contributed by atoms with Gasteiger partial charge >= 0.3 is 0 Å². The highest BCUT2D eigenvalue weighted by atomic mass is 16.2. The number of carbonyl (C=O) groups is 1. The Morgan fingerprint density at radius 2 is 2.29 bits per heavy atom. The van der Waals surface area contributed by atoms with E-state index in [9.17, 15) is 4.79 Å². The summed E-state index contributed by atoms with van der Waals surface area (Å²) >= 11 is 0. The van der Waals surface area contributed by atoms with Crippen LogP contribution in [-0.2, 0) is 4.79 Å². The van der Waals surface area contributed by atoms with Gasteiger partial charge in [-0.15, -0.1) is 0 Å². The van der Waals surface area contributed by atoms with E-state index in [0.717, 1.165) is 25.7 Å². The Labute approximate surface area is 83.1 Å². The van der Waals surface area contributed by atoms with Crippen molar-refractivity contribution < 1.29 is 4.79 Å². The highest BCUT2D eigenvalue weighted by Gasteiger charge is 2.36. The van der Waals surface area contributed by atoms with Crippen LogP contribution in [0.2, 0.25) is 0 Å². The summed E-state index contributed by atoms with van der Waals surface area (Å²) in [6, 6.07) is 0. The molecule has 0 saturated heterocycles. The number of nitrogens with one attached hydrogen (secondary N) is 2. The minimum atomic E-state index is -0.188. The number of rotatable bonds is 2. The molecule has 0 aromatic carbocycles. The van der Waals surface area contributed by atoms with Gasteiger partial charge in [0.15, 0.2) is 0 Å². The Bertz CT molecular complexity index is 312. The summed E-state index contributed by atoms with van der Waals surface area (Å²) in [4.78, 5) is 18.7. The van der Waals surface area contributed by atoms with Crippen LogP contribution in [0.25, 0.3) is 0 Å². The first kappa shape index (κ1) is 9.24. The van der Waals surface area contributed by atoms with E-state index in [-0.39, 0.29) is 11.3 Å². The van der Waals surface area contributed by atoms with Gasteiger partial charge in [-0.25, -0.2) is 4.98 Å². The molecule has 2 rings (SSSR count). The molecule has 1 heterocycles. The Kier molecular flexibility index (Phi) is 2.27. The average molecular weight is 193 g/mol. The van der Waals surface area contributed by atoms with Crippen LogP contribution in [-0.4, -0.2) is 15.9 Å². The Balaban J connectivity index is 2.02. The molecule has 0 aliphatic heterocycles. The fourth-order valence-electron chi connectivity index (χ4n) is 1.97. The number of anilines is 1. The maximum absolute atomic E-state index is 11.9. The van der Waals surface area contributed by atoms with Gasteiger partial charge in [0.05, 0.1) is 0 Å². The summed E-state index contributed by atoms with van der Waals surface area (Å²) in [6.45, 7) is 2.03. The molecule has 4 nitrogen and oxygen atoms in total. The zero-order valence-electron chi connectivity index (χ0n) is 8.34. The molecule has 2 N–H and O–H groups in total. The first-order valence-electron chi connectivity index (χ1n) is 5.02. The molecule has 0 unspecified atom stereocenters. The quantitative estimate of drug-likeness (QED) is 0.754. The molecule has 0 radical (unpaired) electrons. The van der Waals surface area contributed by atoms with Gasteiger partial charge in [0.2, 0.25) is 11.9 Å². The third-order valence-electron chi connectivity index (χ3n) is 2.99. The zero-order chi connectivity index (χ0) is 10.0. The second-order valence-electron chi connectivity index (χ2n) is 4.16. The number of hydrogen-bond acceptors (Lipinski definition) is 2. The van der Waals surface area contributed by atoms with E-state index in [1.807, 2.05) is 6.92 Å².